The number of hydrogen-bond donors (Lipinski definition) is 2. The first-order valence-electron chi connectivity index (χ1n) is 6.51. The first-order chi connectivity index (χ1) is 9.55. The maximum Gasteiger partial charge on any atom is 0.328 e. The minimum absolute atomic E-state index is 0.0879. The number of halogens is 1. The van der Waals surface area contributed by atoms with Crippen LogP contribution in [0.25, 0.3) is 0 Å². The molecule has 0 saturated carbocycles. The average Bonchev–Trinajstić information content (AvgIpc) is 2.44. The Labute approximate surface area is 116 Å². The fourth-order valence-corrected chi connectivity index (χ4v) is 2.17. The van der Waals surface area contributed by atoms with Crippen molar-refractivity contribution in [3.05, 3.63) is 23.5 Å². The molecule has 1 amide bonds. The summed E-state index contributed by atoms with van der Waals surface area (Å²) < 4.78 is 18.7. The molecule has 2 N–H and O–H groups in total. The lowest BCUT2D eigenvalue weighted by atomic mass is 10.0. The number of esters is 1. The van der Waals surface area contributed by atoms with Crippen molar-refractivity contribution in [1.82, 2.24) is 0 Å². The highest BCUT2D eigenvalue weighted by Crippen LogP contribution is 2.29. The van der Waals surface area contributed by atoms with E-state index in [1.165, 1.54) is 19.2 Å². The summed E-state index contributed by atoms with van der Waals surface area (Å²) in [5, 5.41) is 5.51. The number of fused-ring (bicyclic) bond motifs is 1. The normalized spacial score (nSPS) is 15.1. The van der Waals surface area contributed by atoms with Gasteiger partial charge in [0.25, 0.3) is 0 Å². The van der Waals surface area contributed by atoms with Crippen LogP contribution in [0.4, 0.5) is 15.8 Å². The summed E-state index contributed by atoms with van der Waals surface area (Å²) in [4.78, 5) is 22.9. The van der Waals surface area contributed by atoms with Crippen molar-refractivity contribution in [2.45, 2.75) is 32.2 Å². The number of anilines is 2. The average molecular weight is 280 g/mol. The summed E-state index contributed by atoms with van der Waals surface area (Å²) in [6.07, 6.45) is 1.35. The number of ether oxygens (including phenoxy) is 1. The van der Waals surface area contributed by atoms with E-state index in [2.05, 4.69) is 15.4 Å². The number of benzene rings is 1. The van der Waals surface area contributed by atoms with E-state index in [0.29, 0.717) is 24.9 Å². The van der Waals surface area contributed by atoms with Gasteiger partial charge in [0.1, 0.15) is 11.9 Å². The van der Waals surface area contributed by atoms with E-state index in [9.17, 15) is 14.0 Å². The van der Waals surface area contributed by atoms with Crippen LogP contribution in [0, 0.1) is 5.82 Å². The van der Waals surface area contributed by atoms with Crippen molar-refractivity contribution in [3.63, 3.8) is 0 Å². The number of methoxy groups -OCH3 is 1. The van der Waals surface area contributed by atoms with E-state index in [1.54, 1.807) is 6.92 Å². The maximum absolute atomic E-state index is 14.0. The quantitative estimate of drug-likeness (QED) is 0.829. The number of nitrogens with one attached hydrogen (secondary N) is 2. The zero-order chi connectivity index (χ0) is 14.7. The van der Waals surface area contributed by atoms with Gasteiger partial charge in [0.15, 0.2) is 0 Å². The van der Waals surface area contributed by atoms with Gasteiger partial charge in [-0.3, -0.25) is 4.79 Å². The summed E-state index contributed by atoms with van der Waals surface area (Å²) in [6.45, 7) is 1.80. The minimum Gasteiger partial charge on any atom is -0.467 e. The van der Waals surface area contributed by atoms with Crippen molar-refractivity contribution in [2.24, 2.45) is 0 Å². The standard InChI is InChI=1S/C14H17FN2O3/c1-3-10(14(19)20-2)16-12-7-11-8(6-9(12)15)4-5-13(18)17-11/h6-7,10,16H,3-5H2,1-2H3,(H,17,18). The first-order valence-corrected chi connectivity index (χ1v) is 6.51. The third kappa shape index (κ3) is 2.89. The van der Waals surface area contributed by atoms with E-state index >= 15 is 0 Å². The van der Waals surface area contributed by atoms with Crippen LogP contribution in [-0.4, -0.2) is 25.0 Å². The van der Waals surface area contributed by atoms with Crippen molar-refractivity contribution < 1.29 is 18.7 Å². The van der Waals surface area contributed by atoms with Crippen molar-refractivity contribution in [2.75, 3.05) is 17.7 Å². The number of amides is 1. The molecule has 0 fully saturated rings. The molecule has 0 aliphatic carbocycles. The summed E-state index contributed by atoms with van der Waals surface area (Å²) in [5.74, 6) is -0.981. The van der Waals surface area contributed by atoms with Gasteiger partial charge >= 0.3 is 5.97 Å². The fourth-order valence-electron chi connectivity index (χ4n) is 2.17. The molecule has 1 atom stereocenters. The van der Waals surface area contributed by atoms with Crippen LogP contribution in [0.1, 0.15) is 25.3 Å². The van der Waals surface area contributed by atoms with Gasteiger partial charge in [-0.1, -0.05) is 6.92 Å². The Balaban J connectivity index is 2.26. The van der Waals surface area contributed by atoms with Crippen LogP contribution in [0.3, 0.4) is 0 Å². The summed E-state index contributed by atoms with van der Waals surface area (Å²) >= 11 is 0. The van der Waals surface area contributed by atoms with Gasteiger partial charge in [-0.25, -0.2) is 9.18 Å². The Morgan fingerprint density at radius 2 is 2.25 bits per heavy atom. The van der Waals surface area contributed by atoms with Gasteiger partial charge in [-0.05, 0) is 30.5 Å². The highest BCUT2D eigenvalue weighted by molar-refractivity contribution is 5.94. The summed E-state index contributed by atoms with van der Waals surface area (Å²) in [6, 6.07) is 2.29. The molecule has 20 heavy (non-hydrogen) atoms. The number of carbonyl (C=O) groups excluding carboxylic acids is 2. The topological polar surface area (TPSA) is 67.4 Å². The molecule has 5 nitrogen and oxygen atoms in total. The Morgan fingerprint density at radius 3 is 2.90 bits per heavy atom. The molecule has 1 heterocycles. The highest BCUT2D eigenvalue weighted by atomic mass is 19.1. The van der Waals surface area contributed by atoms with Gasteiger partial charge in [0.05, 0.1) is 12.8 Å². The van der Waals surface area contributed by atoms with Crippen LogP contribution >= 0.6 is 0 Å². The first kappa shape index (κ1) is 14.3. The Morgan fingerprint density at radius 1 is 1.50 bits per heavy atom. The fraction of sp³-hybridized carbons (Fsp3) is 0.429. The summed E-state index contributed by atoms with van der Waals surface area (Å²) in [7, 11) is 1.29. The van der Waals surface area contributed by atoms with Crippen molar-refractivity contribution in [3.8, 4) is 0 Å². The number of aryl methyl sites for hydroxylation is 1. The van der Waals surface area contributed by atoms with E-state index in [4.69, 9.17) is 0 Å². The number of hydrogen-bond acceptors (Lipinski definition) is 4. The van der Waals surface area contributed by atoms with E-state index in [1.807, 2.05) is 0 Å². The third-order valence-corrected chi connectivity index (χ3v) is 3.31. The Hall–Kier alpha value is -2.11. The SMILES string of the molecule is CCC(Nc1cc2c(cc1F)CCC(=O)N2)C(=O)OC. The van der Waals surface area contributed by atoms with E-state index in [-0.39, 0.29) is 11.6 Å². The molecule has 0 spiro atoms. The second kappa shape index (κ2) is 5.90. The second-order valence-electron chi connectivity index (χ2n) is 4.67. The molecule has 1 unspecified atom stereocenters. The largest absolute Gasteiger partial charge is 0.467 e. The molecule has 6 heteroatoms. The summed E-state index contributed by atoms with van der Waals surface area (Å²) in [5.41, 5.74) is 1.53. The molecule has 1 aromatic carbocycles. The van der Waals surface area contributed by atoms with Gasteiger partial charge in [0.2, 0.25) is 5.91 Å². The van der Waals surface area contributed by atoms with E-state index in [0.717, 1.165) is 5.56 Å². The molecule has 1 aromatic rings. The van der Waals surface area contributed by atoms with E-state index < -0.39 is 17.8 Å². The predicted molar refractivity (Wildman–Crippen MR) is 73.1 cm³/mol. The lowest BCUT2D eigenvalue weighted by Gasteiger charge is -2.21. The molecule has 2 rings (SSSR count). The monoisotopic (exact) mass is 280 g/mol. The maximum atomic E-state index is 14.0. The molecule has 0 bridgehead atoms. The molecule has 1 aliphatic heterocycles. The lowest BCUT2D eigenvalue weighted by molar-refractivity contribution is -0.141. The van der Waals surface area contributed by atoms with Crippen LogP contribution < -0.4 is 10.6 Å². The molecular weight excluding hydrogens is 263 g/mol. The Kier molecular flexibility index (Phi) is 4.22. The van der Waals surface area contributed by atoms with Crippen LogP contribution in [0.5, 0.6) is 0 Å². The van der Waals surface area contributed by atoms with Crippen LogP contribution in [0.15, 0.2) is 12.1 Å². The smallest absolute Gasteiger partial charge is 0.328 e. The Bertz CT molecular complexity index is 545. The molecule has 1 aliphatic rings. The molecule has 0 saturated heterocycles. The van der Waals surface area contributed by atoms with Crippen LogP contribution in [-0.2, 0) is 20.7 Å². The second-order valence-corrected chi connectivity index (χ2v) is 4.67. The predicted octanol–water partition coefficient (Wildman–Crippen LogP) is 2.07. The zero-order valence-electron chi connectivity index (χ0n) is 11.5. The molecular formula is C14H17FN2O3. The number of rotatable bonds is 4. The zero-order valence-corrected chi connectivity index (χ0v) is 11.5. The minimum atomic E-state index is -0.619. The third-order valence-electron chi connectivity index (χ3n) is 3.31. The molecule has 0 aromatic heterocycles. The van der Waals surface area contributed by atoms with Crippen molar-refractivity contribution >= 4 is 23.3 Å². The molecule has 0 radical (unpaired) electrons. The highest BCUT2D eigenvalue weighted by Gasteiger charge is 2.21. The van der Waals surface area contributed by atoms with Crippen molar-refractivity contribution in [1.29, 1.82) is 0 Å². The van der Waals surface area contributed by atoms with Gasteiger partial charge in [-0.2, -0.15) is 0 Å². The van der Waals surface area contributed by atoms with Crippen LogP contribution in [0.2, 0.25) is 0 Å². The number of carbonyl (C=O) groups is 2. The molecule has 108 valence electrons. The van der Waals surface area contributed by atoms with Gasteiger partial charge < -0.3 is 15.4 Å². The lowest BCUT2D eigenvalue weighted by Crippen LogP contribution is -2.30. The van der Waals surface area contributed by atoms with Gasteiger partial charge in [-0.15, -0.1) is 0 Å². The van der Waals surface area contributed by atoms with Gasteiger partial charge in [0, 0.05) is 12.1 Å².